The molecule has 0 fully saturated rings. The summed E-state index contributed by atoms with van der Waals surface area (Å²) in [6.07, 6.45) is 0.0682. The normalized spacial score (nSPS) is 15.2. The molecule has 2 aliphatic heterocycles. The molecular formula is C37H23N3O. The van der Waals surface area contributed by atoms with E-state index >= 15 is 0 Å². The van der Waals surface area contributed by atoms with Crippen molar-refractivity contribution in [3.63, 3.8) is 0 Å². The lowest BCUT2D eigenvalue weighted by Gasteiger charge is -2.35. The molecule has 8 aromatic rings. The maximum atomic E-state index is 6.16. The van der Waals surface area contributed by atoms with E-state index in [9.17, 15) is 0 Å². The van der Waals surface area contributed by atoms with E-state index < -0.39 is 0 Å². The smallest absolute Gasteiger partial charge is 0.135 e. The van der Waals surface area contributed by atoms with E-state index in [4.69, 9.17) is 4.42 Å². The van der Waals surface area contributed by atoms with E-state index in [1.165, 1.54) is 55.6 Å². The van der Waals surface area contributed by atoms with Crippen molar-refractivity contribution in [1.82, 2.24) is 4.57 Å². The first-order valence-electron chi connectivity index (χ1n) is 14.1. The van der Waals surface area contributed by atoms with Crippen LogP contribution in [0.4, 0.5) is 17.1 Å². The summed E-state index contributed by atoms with van der Waals surface area (Å²) in [5, 5.41) is 8.56. The fraction of sp³-hybridized carbons (Fsp3) is 0.0270. The zero-order valence-corrected chi connectivity index (χ0v) is 22.0. The van der Waals surface area contributed by atoms with Gasteiger partial charge in [-0.1, -0.05) is 72.8 Å². The van der Waals surface area contributed by atoms with Gasteiger partial charge in [0.15, 0.2) is 0 Å². The van der Waals surface area contributed by atoms with E-state index in [0.29, 0.717) is 0 Å². The van der Waals surface area contributed by atoms with Gasteiger partial charge in [-0.3, -0.25) is 0 Å². The van der Waals surface area contributed by atoms with Crippen molar-refractivity contribution in [3.8, 4) is 16.8 Å². The van der Waals surface area contributed by atoms with Crippen LogP contribution in [0.1, 0.15) is 11.7 Å². The van der Waals surface area contributed by atoms with Gasteiger partial charge in [-0.15, -0.1) is 0 Å². The number of furan rings is 1. The average Bonchev–Trinajstić information content (AvgIpc) is 3.70. The summed E-state index contributed by atoms with van der Waals surface area (Å²) in [5.41, 5.74) is 12.8. The van der Waals surface area contributed by atoms with Crippen molar-refractivity contribution < 1.29 is 4.42 Å². The topological polar surface area (TPSA) is 33.3 Å². The number of nitrogens with one attached hydrogen (secondary N) is 1. The third-order valence-corrected chi connectivity index (χ3v) is 8.93. The minimum Gasteiger partial charge on any atom is -0.456 e. The van der Waals surface area contributed by atoms with Crippen LogP contribution in [-0.2, 0) is 0 Å². The second kappa shape index (κ2) is 7.58. The number of hydrogen-bond donors (Lipinski definition) is 1. The summed E-state index contributed by atoms with van der Waals surface area (Å²) < 4.78 is 8.58. The van der Waals surface area contributed by atoms with E-state index in [2.05, 4.69) is 130 Å². The van der Waals surface area contributed by atoms with Gasteiger partial charge in [-0.2, -0.15) is 0 Å². The van der Waals surface area contributed by atoms with Gasteiger partial charge in [-0.05, 0) is 60.2 Å². The molecule has 0 saturated carbocycles. The highest BCUT2D eigenvalue weighted by atomic mass is 16.3. The third kappa shape index (κ3) is 2.74. The summed E-state index contributed by atoms with van der Waals surface area (Å²) in [7, 11) is 0. The molecular weight excluding hydrogens is 502 g/mol. The van der Waals surface area contributed by atoms with Crippen molar-refractivity contribution in [2.45, 2.75) is 6.17 Å². The van der Waals surface area contributed by atoms with Crippen LogP contribution in [0.25, 0.3) is 60.6 Å². The van der Waals surface area contributed by atoms with Crippen molar-refractivity contribution >= 4 is 60.8 Å². The SMILES string of the molecule is c1ccc2c(c1)NC1c3ccccc3-c3cc4c(cc3N21)c1ccccc1n4-c1ccc2oc3ccccc3c2c1. The second-order valence-corrected chi connectivity index (χ2v) is 11.0. The van der Waals surface area contributed by atoms with Gasteiger partial charge in [0.1, 0.15) is 17.3 Å². The zero-order chi connectivity index (χ0) is 26.7. The van der Waals surface area contributed by atoms with Crippen LogP contribution < -0.4 is 10.2 Å². The minimum atomic E-state index is 0.0682. The largest absolute Gasteiger partial charge is 0.456 e. The van der Waals surface area contributed by atoms with Crippen LogP contribution in [0.15, 0.2) is 132 Å². The van der Waals surface area contributed by atoms with Gasteiger partial charge in [0.05, 0.1) is 28.1 Å². The monoisotopic (exact) mass is 525 g/mol. The molecule has 1 N–H and O–H groups in total. The fourth-order valence-corrected chi connectivity index (χ4v) is 7.17. The lowest BCUT2D eigenvalue weighted by atomic mass is 9.90. The Morgan fingerprint density at radius 1 is 0.537 bits per heavy atom. The molecule has 4 heterocycles. The molecule has 0 spiro atoms. The number of para-hydroxylation sites is 4. The molecule has 4 nitrogen and oxygen atoms in total. The number of anilines is 3. The summed E-state index contributed by atoms with van der Waals surface area (Å²) in [4.78, 5) is 2.47. The van der Waals surface area contributed by atoms with Crippen LogP contribution in [-0.4, -0.2) is 4.57 Å². The molecule has 41 heavy (non-hydrogen) atoms. The van der Waals surface area contributed by atoms with Gasteiger partial charge < -0.3 is 19.2 Å². The number of nitrogens with zero attached hydrogens (tertiary/aromatic N) is 2. The maximum absolute atomic E-state index is 6.16. The lowest BCUT2D eigenvalue weighted by Crippen LogP contribution is -2.27. The van der Waals surface area contributed by atoms with Gasteiger partial charge in [-0.25, -0.2) is 0 Å². The highest BCUT2D eigenvalue weighted by molar-refractivity contribution is 6.14. The first-order chi connectivity index (χ1) is 20.3. The van der Waals surface area contributed by atoms with Gasteiger partial charge in [0.2, 0.25) is 0 Å². The van der Waals surface area contributed by atoms with Gasteiger partial charge in [0, 0.05) is 38.4 Å². The van der Waals surface area contributed by atoms with Crippen LogP contribution in [0.5, 0.6) is 0 Å². The van der Waals surface area contributed by atoms with Crippen LogP contribution in [0.3, 0.4) is 0 Å². The Morgan fingerprint density at radius 2 is 1.32 bits per heavy atom. The Hall–Kier alpha value is -5.48. The standard InChI is InChI=1S/C37H23N3O/c1-2-12-26-23(9-1)27-20-33-28(21-34(27)40-32-15-7-5-13-30(32)38-37(26)40)24-10-3-6-14-31(24)39(33)22-17-18-36-29(19-22)25-11-4-8-16-35(25)41-36/h1-21,37-38H. The maximum Gasteiger partial charge on any atom is 0.135 e. The molecule has 6 aromatic carbocycles. The Balaban J connectivity index is 1.31. The fourth-order valence-electron chi connectivity index (χ4n) is 7.17. The van der Waals surface area contributed by atoms with E-state index in [1.807, 2.05) is 12.1 Å². The third-order valence-electron chi connectivity index (χ3n) is 8.93. The molecule has 0 radical (unpaired) electrons. The molecule has 0 aliphatic carbocycles. The number of rotatable bonds is 1. The molecule has 0 saturated heterocycles. The Bertz CT molecular complexity index is 2380. The molecule has 0 bridgehead atoms. The van der Waals surface area contributed by atoms with Crippen LogP contribution >= 0.6 is 0 Å². The predicted octanol–water partition coefficient (Wildman–Crippen LogP) is 9.93. The second-order valence-electron chi connectivity index (χ2n) is 11.0. The van der Waals surface area contributed by atoms with Crippen LogP contribution in [0.2, 0.25) is 0 Å². The zero-order valence-electron chi connectivity index (χ0n) is 22.0. The van der Waals surface area contributed by atoms with Crippen molar-refractivity contribution in [2.24, 2.45) is 0 Å². The predicted molar refractivity (Wildman–Crippen MR) is 168 cm³/mol. The summed E-state index contributed by atoms with van der Waals surface area (Å²) in [6.45, 7) is 0. The van der Waals surface area contributed by atoms with Crippen molar-refractivity contribution in [1.29, 1.82) is 0 Å². The molecule has 192 valence electrons. The highest BCUT2D eigenvalue weighted by Gasteiger charge is 2.38. The van der Waals surface area contributed by atoms with Gasteiger partial charge in [0.25, 0.3) is 0 Å². The average molecular weight is 526 g/mol. The molecule has 2 aromatic heterocycles. The Morgan fingerprint density at radius 3 is 2.29 bits per heavy atom. The number of hydrogen-bond acceptors (Lipinski definition) is 3. The molecule has 4 heteroatoms. The van der Waals surface area contributed by atoms with E-state index in [0.717, 1.165) is 27.6 Å². The number of fused-ring (bicyclic) bond motifs is 14. The molecule has 2 aliphatic rings. The van der Waals surface area contributed by atoms with Crippen molar-refractivity contribution in [2.75, 3.05) is 10.2 Å². The quantitative estimate of drug-likeness (QED) is 0.231. The minimum absolute atomic E-state index is 0.0682. The number of benzene rings is 6. The molecule has 1 atom stereocenters. The lowest BCUT2D eigenvalue weighted by molar-refractivity contribution is 0.669. The molecule has 10 rings (SSSR count). The highest BCUT2D eigenvalue weighted by Crippen LogP contribution is 2.55. The first kappa shape index (κ1) is 21.4. The molecule has 1 unspecified atom stereocenters. The van der Waals surface area contributed by atoms with Crippen molar-refractivity contribution in [3.05, 3.63) is 133 Å². The molecule has 0 amide bonds. The van der Waals surface area contributed by atoms with E-state index in [1.54, 1.807) is 0 Å². The summed E-state index contributed by atoms with van der Waals surface area (Å²) in [5.74, 6) is 0. The number of aromatic nitrogens is 1. The van der Waals surface area contributed by atoms with E-state index in [-0.39, 0.29) is 6.17 Å². The summed E-state index contributed by atoms with van der Waals surface area (Å²) >= 11 is 0. The Kier molecular flexibility index (Phi) is 3.95. The van der Waals surface area contributed by atoms with Crippen LogP contribution in [0, 0.1) is 0 Å². The van der Waals surface area contributed by atoms with Gasteiger partial charge >= 0.3 is 0 Å². The summed E-state index contributed by atoms with van der Waals surface area (Å²) in [6, 6.07) is 45.9. The Labute approximate surface area is 235 Å². The first-order valence-corrected chi connectivity index (χ1v) is 14.1.